The second-order valence-electron chi connectivity index (χ2n) is 6.63. The normalized spacial score (nSPS) is 41.5. The van der Waals surface area contributed by atoms with Crippen molar-refractivity contribution in [3.05, 3.63) is 21.6 Å². The van der Waals surface area contributed by atoms with Crippen LogP contribution >= 0.6 is 0 Å². The minimum absolute atomic E-state index is 0.0127. The van der Waals surface area contributed by atoms with Crippen LogP contribution in [0.4, 0.5) is 0 Å². The number of hydrogen-bond acceptors (Lipinski definition) is 2. The highest BCUT2D eigenvalue weighted by molar-refractivity contribution is 5.24. The summed E-state index contributed by atoms with van der Waals surface area (Å²) in [4.78, 5) is 11.7. The van der Waals surface area contributed by atoms with E-state index in [-0.39, 0.29) is 5.56 Å². The molecule has 18 heavy (non-hydrogen) atoms. The first-order chi connectivity index (χ1) is 8.76. The summed E-state index contributed by atoms with van der Waals surface area (Å²) in [5.41, 5.74) is 7.67. The predicted octanol–water partition coefficient (Wildman–Crippen LogP) is 1.70. The van der Waals surface area contributed by atoms with Gasteiger partial charge < -0.3 is 10.8 Å². The maximum absolute atomic E-state index is 11.7. The van der Waals surface area contributed by atoms with E-state index in [9.17, 15) is 4.79 Å². The lowest BCUT2D eigenvalue weighted by atomic mass is 9.51. The van der Waals surface area contributed by atoms with Gasteiger partial charge in [0.2, 0.25) is 0 Å². The molecule has 4 nitrogen and oxygen atoms in total. The zero-order valence-electron chi connectivity index (χ0n) is 10.6. The molecule has 0 radical (unpaired) electrons. The lowest BCUT2D eigenvalue weighted by molar-refractivity contribution is -0.00444. The first-order valence-electron chi connectivity index (χ1n) is 7.25. The molecule has 4 aliphatic rings. The van der Waals surface area contributed by atoms with Crippen LogP contribution in [0, 0.1) is 23.7 Å². The topological polar surface area (TPSA) is 74.7 Å². The minimum atomic E-state index is -0.0127. The van der Waals surface area contributed by atoms with Crippen molar-refractivity contribution in [1.29, 1.82) is 0 Å². The van der Waals surface area contributed by atoms with Crippen molar-refractivity contribution in [3.63, 3.8) is 0 Å². The molecule has 4 N–H and O–H groups in total. The maximum Gasteiger partial charge on any atom is 0.268 e. The van der Waals surface area contributed by atoms with Crippen LogP contribution in [-0.4, -0.2) is 10.2 Å². The zero-order valence-corrected chi connectivity index (χ0v) is 10.6. The van der Waals surface area contributed by atoms with Gasteiger partial charge in [-0.3, -0.25) is 9.89 Å². The maximum atomic E-state index is 11.7. The number of aromatic nitrogens is 2. The van der Waals surface area contributed by atoms with Crippen molar-refractivity contribution < 1.29 is 0 Å². The molecule has 5 rings (SSSR count). The van der Waals surface area contributed by atoms with Gasteiger partial charge in [0.05, 0.1) is 5.56 Å². The smallest absolute Gasteiger partial charge is 0.268 e. The fraction of sp³-hybridized carbons (Fsp3) is 0.786. The summed E-state index contributed by atoms with van der Waals surface area (Å²) < 4.78 is 0. The summed E-state index contributed by atoms with van der Waals surface area (Å²) in [5, 5.41) is 5.87. The molecule has 4 bridgehead atoms. The molecule has 4 aliphatic carbocycles. The van der Waals surface area contributed by atoms with Crippen molar-refractivity contribution in [3.8, 4) is 0 Å². The van der Waals surface area contributed by atoms with Crippen LogP contribution in [-0.2, 0) is 6.54 Å². The third kappa shape index (κ3) is 1.38. The van der Waals surface area contributed by atoms with Gasteiger partial charge in [0.1, 0.15) is 0 Å². The number of H-pyrrole nitrogens is 2. The fourth-order valence-corrected chi connectivity index (χ4v) is 5.28. The van der Waals surface area contributed by atoms with Gasteiger partial charge in [0.25, 0.3) is 5.56 Å². The van der Waals surface area contributed by atoms with Crippen molar-refractivity contribution in [2.75, 3.05) is 0 Å². The van der Waals surface area contributed by atoms with Crippen LogP contribution in [0.5, 0.6) is 0 Å². The molecule has 0 spiro atoms. The van der Waals surface area contributed by atoms with E-state index in [0.29, 0.717) is 12.5 Å². The Balaban J connectivity index is 1.74. The summed E-state index contributed by atoms with van der Waals surface area (Å²) in [6, 6.07) is 0. The molecule has 0 aliphatic heterocycles. The molecule has 0 aromatic carbocycles. The average molecular weight is 247 g/mol. The summed E-state index contributed by atoms with van der Waals surface area (Å²) in [6.07, 6.45) is 6.95. The van der Waals surface area contributed by atoms with E-state index in [1.165, 1.54) is 32.1 Å². The van der Waals surface area contributed by atoms with E-state index in [1.807, 2.05) is 0 Å². The van der Waals surface area contributed by atoms with Gasteiger partial charge in [-0.15, -0.1) is 0 Å². The number of hydrogen-bond donors (Lipinski definition) is 3. The van der Waals surface area contributed by atoms with Crippen molar-refractivity contribution in [2.24, 2.45) is 29.4 Å². The summed E-state index contributed by atoms with van der Waals surface area (Å²) >= 11 is 0. The number of aromatic amines is 2. The van der Waals surface area contributed by atoms with Crippen molar-refractivity contribution in [1.82, 2.24) is 10.2 Å². The summed E-state index contributed by atoms with van der Waals surface area (Å²) in [7, 11) is 0. The van der Waals surface area contributed by atoms with Gasteiger partial charge in [0, 0.05) is 18.2 Å². The van der Waals surface area contributed by atoms with E-state index in [1.54, 1.807) is 0 Å². The highest BCUT2D eigenvalue weighted by Crippen LogP contribution is 2.59. The van der Waals surface area contributed by atoms with E-state index >= 15 is 0 Å². The van der Waals surface area contributed by atoms with Crippen LogP contribution in [0.2, 0.25) is 0 Å². The van der Waals surface area contributed by atoms with E-state index in [4.69, 9.17) is 5.73 Å². The molecule has 4 fully saturated rings. The molecule has 98 valence electrons. The van der Waals surface area contributed by atoms with Crippen LogP contribution in [0.25, 0.3) is 0 Å². The van der Waals surface area contributed by atoms with Gasteiger partial charge in [-0.05, 0) is 55.8 Å². The van der Waals surface area contributed by atoms with Gasteiger partial charge in [-0.1, -0.05) is 0 Å². The Hall–Kier alpha value is -1.03. The Kier molecular flexibility index (Phi) is 2.25. The highest BCUT2D eigenvalue weighted by Gasteiger charge is 2.49. The van der Waals surface area contributed by atoms with E-state index in [2.05, 4.69) is 10.2 Å². The molecule has 1 aromatic rings. The first kappa shape index (κ1) is 10.9. The Morgan fingerprint density at radius 3 is 2.17 bits per heavy atom. The standard InChI is InChI=1S/C14H21N3O/c15-6-11-13(16-17-14(11)18)12-9-2-7-1-8(4-9)5-10(12)3-7/h7-10,12H,1-6,15H2,(H2,16,17,18). The molecule has 1 heterocycles. The molecule has 0 amide bonds. The molecule has 4 heteroatoms. The summed E-state index contributed by atoms with van der Waals surface area (Å²) in [5.74, 6) is 4.08. The third-order valence-corrected chi connectivity index (χ3v) is 5.67. The lowest BCUT2D eigenvalue weighted by Gasteiger charge is -2.54. The molecule has 0 unspecified atom stereocenters. The Labute approximate surface area is 106 Å². The van der Waals surface area contributed by atoms with Crippen molar-refractivity contribution in [2.45, 2.75) is 44.6 Å². The van der Waals surface area contributed by atoms with Crippen LogP contribution in [0.1, 0.15) is 49.3 Å². The molecule has 4 saturated carbocycles. The van der Waals surface area contributed by atoms with Crippen molar-refractivity contribution >= 4 is 0 Å². The zero-order chi connectivity index (χ0) is 12.3. The molecule has 1 aromatic heterocycles. The number of nitrogens with two attached hydrogens (primary N) is 1. The largest absolute Gasteiger partial charge is 0.326 e. The highest BCUT2D eigenvalue weighted by atomic mass is 16.1. The molecule has 0 atom stereocenters. The molecular formula is C14H21N3O. The Morgan fingerprint density at radius 1 is 1.00 bits per heavy atom. The second-order valence-corrected chi connectivity index (χ2v) is 6.63. The number of rotatable bonds is 2. The Bertz CT molecular complexity index is 487. The lowest BCUT2D eigenvalue weighted by Crippen LogP contribution is -2.44. The summed E-state index contributed by atoms with van der Waals surface area (Å²) in [6.45, 7) is 0.358. The minimum Gasteiger partial charge on any atom is -0.326 e. The van der Waals surface area contributed by atoms with Gasteiger partial charge >= 0.3 is 0 Å². The first-order valence-corrected chi connectivity index (χ1v) is 7.25. The van der Waals surface area contributed by atoms with Gasteiger partial charge in [0.15, 0.2) is 0 Å². The van der Waals surface area contributed by atoms with Crippen LogP contribution < -0.4 is 11.3 Å². The van der Waals surface area contributed by atoms with E-state index in [0.717, 1.165) is 34.9 Å². The average Bonchev–Trinajstić information content (AvgIpc) is 2.69. The molecule has 0 saturated heterocycles. The van der Waals surface area contributed by atoms with Crippen LogP contribution in [0.3, 0.4) is 0 Å². The fourth-order valence-electron chi connectivity index (χ4n) is 5.28. The van der Waals surface area contributed by atoms with Gasteiger partial charge in [-0.2, -0.15) is 0 Å². The second kappa shape index (κ2) is 3.73. The van der Waals surface area contributed by atoms with E-state index < -0.39 is 0 Å². The third-order valence-electron chi connectivity index (χ3n) is 5.67. The predicted molar refractivity (Wildman–Crippen MR) is 69.1 cm³/mol. The Morgan fingerprint density at radius 2 is 1.61 bits per heavy atom. The molecular weight excluding hydrogens is 226 g/mol. The quantitative estimate of drug-likeness (QED) is 0.744. The van der Waals surface area contributed by atoms with Gasteiger partial charge in [-0.25, -0.2) is 0 Å². The van der Waals surface area contributed by atoms with Crippen LogP contribution in [0.15, 0.2) is 4.79 Å². The number of nitrogens with one attached hydrogen (secondary N) is 2. The SMILES string of the molecule is NCc1c(C2C3CC4CC(C3)CC2C4)[nH][nH]c1=O. The monoisotopic (exact) mass is 247 g/mol.